The number of halogens is 1. The van der Waals surface area contributed by atoms with E-state index in [1.807, 2.05) is 30.8 Å². The average Bonchev–Trinajstić information content (AvgIpc) is 2.37. The van der Waals surface area contributed by atoms with E-state index in [9.17, 15) is 0 Å². The van der Waals surface area contributed by atoms with Crippen LogP contribution in [-0.4, -0.2) is 6.04 Å². The molecule has 0 aliphatic heterocycles. The molecule has 1 unspecified atom stereocenters. The Labute approximate surface area is 130 Å². The summed E-state index contributed by atoms with van der Waals surface area (Å²) >= 11 is 7.93. The number of nitrogens with two attached hydrogens (primary N) is 1. The van der Waals surface area contributed by atoms with Gasteiger partial charge in [0.25, 0.3) is 0 Å². The largest absolute Gasteiger partial charge is 0.328 e. The van der Waals surface area contributed by atoms with Crippen molar-refractivity contribution >= 4 is 23.4 Å². The lowest BCUT2D eigenvalue weighted by Crippen LogP contribution is -2.18. The van der Waals surface area contributed by atoms with Gasteiger partial charge in [0.1, 0.15) is 0 Å². The molecule has 0 spiro atoms. The highest BCUT2D eigenvalue weighted by atomic mass is 35.5. The third-order valence-corrected chi connectivity index (χ3v) is 4.46. The molecule has 1 atom stereocenters. The maximum absolute atomic E-state index is 6.09. The van der Waals surface area contributed by atoms with Crippen molar-refractivity contribution in [1.82, 2.24) is 0 Å². The van der Waals surface area contributed by atoms with Crippen LogP contribution in [0.15, 0.2) is 47.4 Å². The Morgan fingerprint density at radius 3 is 2.70 bits per heavy atom. The summed E-state index contributed by atoms with van der Waals surface area (Å²) in [5, 5.41) is 0.778. The van der Waals surface area contributed by atoms with Gasteiger partial charge in [0.2, 0.25) is 0 Å². The van der Waals surface area contributed by atoms with E-state index in [0.29, 0.717) is 0 Å². The average molecular weight is 306 g/mol. The normalized spacial score (nSPS) is 12.4. The summed E-state index contributed by atoms with van der Waals surface area (Å²) in [5.41, 5.74) is 9.80. The van der Waals surface area contributed by atoms with Crippen molar-refractivity contribution in [3.05, 3.63) is 64.2 Å². The second kappa shape index (κ2) is 7.16. The van der Waals surface area contributed by atoms with Crippen molar-refractivity contribution in [1.29, 1.82) is 0 Å². The molecule has 0 saturated heterocycles. The summed E-state index contributed by atoms with van der Waals surface area (Å²) in [5.74, 6) is 0.968. The summed E-state index contributed by atoms with van der Waals surface area (Å²) in [7, 11) is 0. The fraction of sp³-hybridized carbons (Fsp3) is 0.294. The van der Waals surface area contributed by atoms with Crippen molar-refractivity contribution in [3.63, 3.8) is 0 Å². The monoisotopic (exact) mass is 305 g/mol. The maximum atomic E-state index is 6.09. The zero-order chi connectivity index (χ0) is 14.5. The molecule has 0 amide bonds. The highest BCUT2D eigenvalue weighted by Crippen LogP contribution is 2.29. The highest BCUT2D eigenvalue weighted by Gasteiger charge is 2.07. The summed E-state index contributed by atoms with van der Waals surface area (Å²) < 4.78 is 0. The van der Waals surface area contributed by atoms with Crippen LogP contribution < -0.4 is 5.73 Å². The maximum Gasteiger partial charge on any atom is 0.0409 e. The van der Waals surface area contributed by atoms with Crippen LogP contribution in [0.2, 0.25) is 5.02 Å². The Bertz CT molecular complexity index is 581. The molecule has 0 fully saturated rings. The predicted molar refractivity (Wildman–Crippen MR) is 89.5 cm³/mol. The minimum absolute atomic E-state index is 0.145. The van der Waals surface area contributed by atoms with Crippen LogP contribution in [0.1, 0.15) is 23.6 Å². The molecular weight excluding hydrogens is 286 g/mol. The number of rotatable bonds is 5. The van der Waals surface area contributed by atoms with Crippen molar-refractivity contribution in [2.75, 3.05) is 0 Å². The summed E-state index contributed by atoms with van der Waals surface area (Å²) in [6.07, 6.45) is 0.858. The predicted octanol–water partition coefficient (Wildman–Crippen LogP) is 4.83. The molecule has 0 radical (unpaired) electrons. The van der Waals surface area contributed by atoms with E-state index in [1.165, 1.54) is 21.6 Å². The molecule has 1 nitrogen and oxygen atoms in total. The number of hydrogen-bond acceptors (Lipinski definition) is 2. The van der Waals surface area contributed by atoms with Crippen LogP contribution in [0, 0.1) is 6.92 Å². The molecule has 0 aromatic heterocycles. The second-order valence-electron chi connectivity index (χ2n) is 5.21. The third kappa shape index (κ3) is 4.55. The Balaban J connectivity index is 2.12. The van der Waals surface area contributed by atoms with E-state index in [0.717, 1.165) is 17.2 Å². The lowest BCUT2D eigenvalue weighted by molar-refractivity contribution is 0.729. The Hall–Kier alpha value is -0.960. The second-order valence-corrected chi connectivity index (χ2v) is 6.66. The first-order valence-corrected chi connectivity index (χ1v) is 8.13. The molecule has 106 valence electrons. The minimum Gasteiger partial charge on any atom is -0.328 e. The summed E-state index contributed by atoms with van der Waals surface area (Å²) in [4.78, 5) is 1.27. The molecule has 0 heterocycles. The molecule has 2 aromatic rings. The first-order chi connectivity index (χ1) is 9.54. The van der Waals surface area contributed by atoms with Gasteiger partial charge in [0.05, 0.1) is 0 Å². The van der Waals surface area contributed by atoms with Gasteiger partial charge in [0.15, 0.2) is 0 Å². The minimum atomic E-state index is 0.145. The summed E-state index contributed by atoms with van der Waals surface area (Å²) in [6, 6.07) is 14.9. The van der Waals surface area contributed by atoms with Gasteiger partial charge in [-0.15, -0.1) is 11.8 Å². The molecule has 2 N–H and O–H groups in total. The lowest BCUT2D eigenvalue weighted by atomic mass is 10.1. The van der Waals surface area contributed by atoms with Gasteiger partial charge in [-0.05, 0) is 49.6 Å². The molecule has 0 aliphatic carbocycles. The Morgan fingerprint density at radius 2 is 2.00 bits per heavy atom. The lowest BCUT2D eigenvalue weighted by Gasteiger charge is -2.12. The fourth-order valence-corrected chi connectivity index (χ4v) is 3.35. The zero-order valence-corrected chi connectivity index (χ0v) is 13.5. The van der Waals surface area contributed by atoms with Crippen molar-refractivity contribution in [2.24, 2.45) is 5.73 Å². The van der Waals surface area contributed by atoms with Gasteiger partial charge in [-0.2, -0.15) is 0 Å². The first kappa shape index (κ1) is 15.4. The molecule has 0 aliphatic rings. The van der Waals surface area contributed by atoms with Crippen LogP contribution in [0.25, 0.3) is 0 Å². The number of hydrogen-bond donors (Lipinski definition) is 1. The van der Waals surface area contributed by atoms with Gasteiger partial charge < -0.3 is 5.73 Å². The van der Waals surface area contributed by atoms with Crippen LogP contribution >= 0.6 is 23.4 Å². The first-order valence-electron chi connectivity index (χ1n) is 6.77. The van der Waals surface area contributed by atoms with E-state index < -0.39 is 0 Å². The number of aryl methyl sites for hydroxylation is 1. The van der Waals surface area contributed by atoms with Gasteiger partial charge >= 0.3 is 0 Å². The van der Waals surface area contributed by atoms with Crippen LogP contribution in [0.4, 0.5) is 0 Å². The molecule has 0 bridgehead atoms. The summed E-state index contributed by atoms with van der Waals surface area (Å²) in [6.45, 7) is 4.15. The quantitative estimate of drug-likeness (QED) is 0.801. The smallest absolute Gasteiger partial charge is 0.0409 e. The molecule has 0 saturated carbocycles. The number of thioether (sulfide) groups is 1. The van der Waals surface area contributed by atoms with Gasteiger partial charge in [-0.25, -0.2) is 0 Å². The van der Waals surface area contributed by atoms with E-state index in [2.05, 4.69) is 37.3 Å². The van der Waals surface area contributed by atoms with Crippen molar-refractivity contribution < 1.29 is 0 Å². The standard InChI is InChI=1S/C17H20ClNS/c1-12-4-3-5-14(8-12)11-20-17-7-6-16(18)10-15(17)9-13(2)19/h3-8,10,13H,9,11,19H2,1-2H3. The van der Waals surface area contributed by atoms with Crippen LogP contribution in [-0.2, 0) is 12.2 Å². The van der Waals surface area contributed by atoms with Crippen LogP contribution in [0.3, 0.4) is 0 Å². The van der Waals surface area contributed by atoms with Crippen LogP contribution in [0.5, 0.6) is 0 Å². The van der Waals surface area contributed by atoms with Gasteiger partial charge in [-0.3, -0.25) is 0 Å². The van der Waals surface area contributed by atoms with E-state index >= 15 is 0 Å². The SMILES string of the molecule is Cc1cccc(CSc2ccc(Cl)cc2CC(C)N)c1. The van der Waals surface area contributed by atoms with Gasteiger partial charge in [0, 0.05) is 21.7 Å². The van der Waals surface area contributed by atoms with E-state index in [-0.39, 0.29) is 6.04 Å². The fourth-order valence-electron chi connectivity index (χ4n) is 2.16. The Morgan fingerprint density at radius 1 is 1.20 bits per heavy atom. The molecular formula is C17H20ClNS. The van der Waals surface area contributed by atoms with E-state index in [1.54, 1.807) is 0 Å². The van der Waals surface area contributed by atoms with E-state index in [4.69, 9.17) is 17.3 Å². The molecule has 2 aromatic carbocycles. The van der Waals surface area contributed by atoms with Gasteiger partial charge in [-0.1, -0.05) is 41.4 Å². The zero-order valence-electron chi connectivity index (χ0n) is 11.9. The number of benzene rings is 2. The highest BCUT2D eigenvalue weighted by molar-refractivity contribution is 7.98. The molecule has 2 rings (SSSR count). The third-order valence-electron chi connectivity index (χ3n) is 3.04. The molecule has 3 heteroatoms. The topological polar surface area (TPSA) is 26.0 Å². The molecule has 20 heavy (non-hydrogen) atoms. The van der Waals surface area contributed by atoms with Crippen molar-refractivity contribution in [3.8, 4) is 0 Å². The van der Waals surface area contributed by atoms with Crippen molar-refractivity contribution in [2.45, 2.75) is 37.0 Å². The Kier molecular flexibility index (Phi) is 5.53.